The Morgan fingerprint density at radius 1 is 1.12 bits per heavy atom. The minimum atomic E-state index is -4.55. The maximum atomic E-state index is 12.5. The van der Waals surface area contributed by atoms with Crippen LogP contribution in [0.2, 0.25) is 0 Å². The van der Waals surface area contributed by atoms with Crippen molar-refractivity contribution in [3.63, 3.8) is 0 Å². The van der Waals surface area contributed by atoms with E-state index < -0.39 is 18.0 Å². The van der Waals surface area contributed by atoms with Crippen LogP contribution in [0.4, 0.5) is 18.0 Å². The topological polar surface area (TPSA) is 51.5 Å². The number of fused-ring (bicyclic) bond motifs is 1. The lowest BCUT2D eigenvalue weighted by Crippen LogP contribution is -2.23. The third kappa shape index (κ3) is 3.99. The van der Waals surface area contributed by atoms with Gasteiger partial charge in [-0.05, 0) is 35.4 Å². The summed E-state index contributed by atoms with van der Waals surface area (Å²) >= 11 is 0. The summed E-state index contributed by atoms with van der Waals surface area (Å²) in [6.45, 7) is 1.79. The van der Waals surface area contributed by atoms with Gasteiger partial charge in [-0.3, -0.25) is 0 Å². The Balaban J connectivity index is 1.60. The van der Waals surface area contributed by atoms with Crippen LogP contribution in [-0.4, -0.2) is 6.09 Å². The zero-order valence-electron chi connectivity index (χ0n) is 13.9. The molecule has 0 bridgehead atoms. The van der Waals surface area contributed by atoms with Crippen molar-refractivity contribution in [2.45, 2.75) is 26.3 Å². The van der Waals surface area contributed by atoms with E-state index in [2.05, 4.69) is 9.73 Å². The molecular weight excluding hydrogens is 347 g/mol. The number of aryl methyl sites for hydroxylation is 1. The summed E-state index contributed by atoms with van der Waals surface area (Å²) in [6.07, 6.45) is -5.28. The van der Waals surface area contributed by atoms with Crippen molar-refractivity contribution >= 4 is 16.9 Å². The molecule has 0 saturated carbocycles. The van der Waals surface area contributed by atoms with E-state index in [9.17, 15) is 18.0 Å². The average Bonchev–Trinajstić information content (AvgIpc) is 3.08. The molecule has 0 unspecified atom stereocenters. The predicted molar refractivity (Wildman–Crippen MR) is 89.4 cm³/mol. The largest absolute Gasteiger partial charge is 0.455 e. The number of carbonyl (C=O) groups is 1. The molecule has 0 fully saturated rings. The van der Waals surface area contributed by atoms with Crippen LogP contribution in [0.25, 0.3) is 10.8 Å². The van der Waals surface area contributed by atoms with Gasteiger partial charge in [0.1, 0.15) is 12.4 Å². The van der Waals surface area contributed by atoms with E-state index >= 15 is 0 Å². The fraction of sp³-hybridized carbons (Fsp3) is 0.211. The first kappa shape index (κ1) is 17.8. The van der Waals surface area contributed by atoms with Crippen molar-refractivity contribution in [1.29, 1.82) is 0 Å². The SMILES string of the molecule is Cc1ccc2ccccc2c1COC(=O)NCc1ccc(C(F)(F)F)o1. The molecule has 3 rings (SSSR count). The van der Waals surface area contributed by atoms with Gasteiger partial charge in [0.2, 0.25) is 5.76 Å². The third-order valence-electron chi connectivity index (χ3n) is 3.97. The Morgan fingerprint density at radius 3 is 2.62 bits per heavy atom. The molecule has 0 spiro atoms. The second kappa shape index (κ2) is 7.11. The van der Waals surface area contributed by atoms with Gasteiger partial charge >= 0.3 is 12.3 Å². The quantitative estimate of drug-likeness (QED) is 0.694. The Bertz CT molecular complexity index is 931. The molecule has 0 aliphatic heterocycles. The van der Waals surface area contributed by atoms with Crippen LogP contribution in [0, 0.1) is 6.92 Å². The van der Waals surface area contributed by atoms with Gasteiger partial charge in [0, 0.05) is 5.56 Å². The van der Waals surface area contributed by atoms with E-state index in [4.69, 9.17) is 4.74 Å². The number of nitrogens with one attached hydrogen (secondary N) is 1. The lowest BCUT2D eigenvalue weighted by Gasteiger charge is -2.11. The van der Waals surface area contributed by atoms with Gasteiger partial charge in [0.25, 0.3) is 0 Å². The fourth-order valence-electron chi connectivity index (χ4n) is 2.61. The Labute approximate surface area is 147 Å². The molecule has 4 nitrogen and oxygen atoms in total. The maximum Gasteiger partial charge on any atom is 0.449 e. The van der Waals surface area contributed by atoms with Crippen LogP contribution in [0.15, 0.2) is 52.9 Å². The second-order valence-corrected chi connectivity index (χ2v) is 5.78. The minimum absolute atomic E-state index is 0.00406. The highest BCUT2D eigenvalue weighted by Gasteiger charge is 2.34. The van der Waals surface area contributed by atoms with Crippen molar-refractivity contribution in [1.82, 2.24) is 5.32 Å². The molecule has 1 N–H and O–H groups in total. The van der Waals surface area contributed by atoms with Gasteiger partial charge in [-0.2, -0.15) is 13.2 Å². The van der Waals surface area contributed by atoms with E-state index in [1.807, 2.05) is 43.3 Å². The van der Waals surface area contributed by atoms with Crippen molar-refractivity contribution in [3.05, 3.63) is 71.2 Å². The van der Waals surface area contributed by atoms with Crippen LogP contribution in [0.1, 0.15) is 22.6 Å². The van der Waals surface area contributed by atoms with Crippen molar-refractivity contribution in [2.75, 3.05) is 0 Å². The smallest absolute Gasteiger partial charge is 0.449 e. The number of alkyl carbamates (subject to hydrolysis) is 1. The molecule has 0 saturated heterocycles. The molecule has 0 atom stereocenters. The van der Waals surface area contributed by atoms with Gasteiger partial charge in [-0.15, -0.1) is 0 Å². The average molecular weight is 363 g/mol. The number of rotatable bonds is 4. The fourth-order valence-corrected chi connectivity index (χ4v) is 2.61. The van der Waals surface area contributed by atoms with Gasteiger partial charge < -0.3 is 14.5 Å². The third-order valence-corrected chi connectivity index (χ3v) is 3.97. The molecule has 7 heteroatoms. The van der Waals surface area contributed by atoms with Crippen LogP contribution >= 0.6 is 0 Å². The maximum absolute atomic E-state index is 12.5. The number of benzene rings is 2. The lowest BCUT2D eigenvalue weighted by molar-refractivity contribution is -0.153. The Hall–Kier alpha value is -2.96. The first-order chi connectivity index (χ1) is 12.3. The van der Waals surface area contributed by atoms with Crippen molar-refractivity contribution < 1.29 is 27.1 Å². The zero-order valence-corrected chi connectivity index (χ0v) is 13.9. The van der Waals surface area contributed by atoms with Gasteiger partial charge in [-0.25, -0.2) is 4.79 Å². The summed E-state index contributed by atoms with van der Waals surface area (Å²) in [5.41, 5.74) is 1.87. The number of halogens is 3. The normalized spacial score (nSPS) is 11.5. The molecule has 2 aromatic carbocycles. The predicted octanol–water partition coefficient (Wildman–Crippen LogP) is 5.19. The number of alkyl halides is 3. The number of hydrogen-bond donors (Lipinski definition) is 1. The molecule has 26 heavy (non-hydrogen) atoms. The summed E-state index contributed by atoms with van der Waals surface area (Å²) in [7, 11) is 0. The van der Waals surface area contributed by atoms with Crippen molar-refractivity contribution in [3.8, 4) is 0 Å². The van der Waals surface area contributed by atoms with Crippen LogP contribution in [-0.2, 0) is 24.1 Å². The van der Waals surface area contributed by atoms with E-state index in [-0.39, 0.29) is 18.9 Å². The molecule has 1 heterocycles. The first-order valence-corrected chi connectivity index (χ1v) is 7.88. The molecule has 0 aliphatic carbocycles. The van der Waals surface area contributed by atoms with Crippen LogP contribution in [0.5, 0.6) is 0 Å². The lowest BCUT2D eigenvalue weighted by atomic mass is 10.0. The highest BCUT2D eigenvalue weighted by Crippen LogP contribution is 2.30. The Kier molecular flexibility index (Phi) is 4.88. The number of carbonyl (C=O) groups excluding carboxylic acids is 1. The summed E-state index contributed by atoms with van der Waals surface area (Å²) in [4.78, 5) is 11.8. The van der Waals surface area contributed by atoms with E-state index in [1.165, 1.54) is 0 Å². The highest BCUT2D eigenvalue weighted by molar-refractivity contribution is 5.86. The number of ether oxygens (including phenoxy) is 1. The molecular formula is C19H16F3NO3. The number of furan rings is 1. The monoisotopic (exact) mass is 363 g/mol. The molecule has 0 radical (unpaired) electrons. The van der Waals surface area contributed by atoms with Crippen molar-refractivity contribution in [2.24, 2.45) is 0 Å². The van der Waals surface area contributed by atoms with Crippen LogP contribution in [0.3, 0.4) is 0 Å². The van der Waals surface area contributed by atoms with Gasteiger partial charge in [-0.1, -0.05) is 36.4 Å². The minimum Gasteiger partial charge on any atom is -0.455 e. The zero-order chi connectivity index (χ0) is 18.7. The van der Waals surface area contributed by atoms with E-state index in [0.29, 0.717) is 0 Å². The van der Waals surface area contributed by atoms with Gasteiger partial charge in [0.15, 0.2) is 0 Å². The standard InChI is InChI=1S/C19H16F3NO3/c1-12-6-7-13-4-2-3-5-15(13)16(12)11-25-18(24)23-10-14-8-9-17(26-14)19(20,21)22/h2-9H,10-11H2,1H3,(H,23,24). The molecule has 1 amide bonds. The summed E-state index contributed by atoms with van der Waals surface area (Å²) < 4.78 is 47.2. The first-order valence-electron chi connectivity index (χ1n) is 7.88. The summed E-state index contributed by atoms with van der Waals surface area (Å²) in [6, 6.07) is 13.7. The molecule has 0 aliphatic rings. The van der Waals surface area contributed by atoms with E-state index in [1.54, 1.807) is 0 Å². The highest BCUT2D eigenvalue weighted by atomic mass is 19.4. The number of amides is 1. The number of hydrogen-bond acceptors (Lipinski definition) is 3. The second-order valence-electron chi connectivity index (χ2n) is 5.78. The summed E-state index contributed by atoms with van der Waals surface area (Å²) in [5, 5.41) is 4.40. The molecule has 1 aromatic heterocycles. The van der Waals surface area contributed by atoms with Gasteiger partial charge in [0.05, 0.1) is 6.54 Å². The molecule has 3 aromatic rings. The Morgan fingerprint density at radius 2 is 1.88 bits per heavy atom. The van der Waals surface area contributed by atoms with E-state index in [0.717, 1.165) is 34.0 Å². The molecule has 136 valence electrons. The summed E-state index contributed by atoms with van der Waals surface area (Å²) in [5.74, 6) is -1.11. The van der Waals surface area contributed by atoms with Crippen LogP contribution < -0.4 is 5.32 Å².